The summed E-state index contributed by atoms with van der Waals surface area (Å²) in [6, 6.07) is 0.955. The maximum Gasteiger partial charge on any atom is 0.330 e. The van der Waals surface area contributed by atoms with Gasteiger partial charge < -0.3 is 5.32 Å². The fourth-order valence-corrected chi connectivity index (χ4v) is 2.80. The van der Waals surface area contributed by atoms with Gasteiger partial charge in [0.2, 0.25) is 0 Å². The first-order chi connectivity index (χ1) is 11.4. The van der Waals surface area contributed by atoms with Crippen LogP contribution in [0.5, 0.6) is 0 Å². The van der Waals surface area contributed by atoms with Gasteiger partial charge in [-0.25, -0.2) is 10.2 Å². The Labute approximate surface area is 138 Å². The quantitative estimate of drug-likeness (QED) is 0.748. The molecule has 0 spiro atoms. The number of amides is 1. The predicted octanol–water partition coefficient (Wildman–Crippen LogP) is 0.516. The van der Waals surface area contributed by atoms with Crippen molar-refractivity contribution in [3.05, 3.63) is 50.7 Å². The Morgan fingerprint density at radius 3 is 2.62 bits per heavy atom. The van der Waals surface area contributed by atoms with E-state index in [1.165, 1.54) is 6.07 Å². The molecular weight excluding hydrogens is 310 g/mol. The van der Waals surface area contributed by atoms with Crippen molar-refractivity contribution in [3.63, 3.8) is 0 Å². The molecule has 126 valence electrons. The van der Waals surface area contributed by atoms with Crippen molar-refractivity contribution in [2.45, 2.75) is 32.9 Å². The van der Waals surface area contributed by atoms with Gasteiger partial charge in [-0.1, -0.05) is 12.2 Å². The largest absolute Gasteiger partial charge is 0.365 e. The molecule has 1 aromatic heterocycles. The van der Waals surface area contributed by atoms with Crippen LogP contribution in [0.2, 0.25) is 0 Å². The Bertz CT molecular complexity index is 856. The lowest BCUT2D eigenvalue weighted by molar-refractivity contribution is -0.121. The van der Waals surface area contributed by atoms with Crippen LogP contribution in [0.25, 0.3) is 0 Å². The summed E-state index contributed by atoms with van der Waals surface area (Å²) in [5.74, 6) is -0.201. The maximum absolute atomic E-state index is 12.1. The van der Waals surface area contributed by atoms with E-state index in [4.69, 9.17) is 0 Å². The molecule has 2 aliphatic rings. The van der Waals surface area contributed by atoms with E-state index in [2.05, 4.69) is 20.8 Å². The highest BCUT2D eigenvalue weighted by Crippen LogP contribution is 2.21. The molecule has 0 radical (unpaired) electrons. The van der Waals surface area contributed by atoms with Gasteiger partial charge in [0.05, 0.1) is 5.71 Å². The Balaban J connectivity index is 1.82. The van der Waals surface area contributed by atoms with Gasteiger partial charge in [0, 0.05) is 18.2 Å². The maximum atomic E-state index is 12.1. The molecule has 1 aliphatic carbocycles. The Kier molecular flexibility index (Phi) is 3.96. The van der Waals surface area contributed by atoms with Crippen LogP contribution in [0.4, 0.5) is 5.82 Å². The number of hydrogen-bond acceptors (Lipinski definition) is 5. The van der Waals surface area contributed by atoms with E-state index < -0.39 is 5.69 Å². The molecule has 24 heavy (non-hydrogen) atoms. The molecule has 2 atom stereocenters. The summed E-state index contributed by atoms with van der Waals surface area (Å²) >= 11 is 0. The van der Waals surface area contributed by atoms with Gasteiger partial charge in [-0.05, 0) is 32.4 Å². The van der Waals surface area contributed by atoms with Crippen LogP contribution in [0, 0.1) is 5.92 Å². The second-order valence-corrected chi connectivity index (χ2v) is 6.15. The fourth-order valence-electron chi connectivity index (χ4n) is 2.80. The Morgan fingerprint density at radius 2 is 1.96 bits per heavy atom. The van der Waals surface area contributed by atoms with E-state index in [9.17, 15) is 14.4 Å². The standard InChI is InChI=1S/C16H19N5O3/c1-8(2)21-14(22)7-13(18-16(21)24)17-9(3)10-4-5-12-11(6-10)15(23)20-19-12/h4-9,11,17H,1-3H3,(H,18,24)(H,20,23)/t9-,11?/m0/s1. The van der Waals surface area contributed by atoms with Gasteiger partial charge in [0.15, 0.2) is 0 Å². The highest BCUT2D eigenvalue weighted by atomic mass is 16.2. The molecule has 1 aliphatic heterocycles. The molecule has 0 bridgehead atoms. The smallest absolute Gasteiger partial charge is 0.330 e. The zero-order valence-electron chi connectivity index (χ0n) is 13.7. The summed E-state index contributed by atoms with van der Waals surface area (Å²) in [6.07, 6.45) is 5.47. The van der Waals surface area contributed by atoms with Crippen LogP contribution in [0.1, 0.15) is 26.8 Å². The lowest BCUT2D eigenvalue weighted by Crippen LogP contribution is -2.37. The van der Waals surface area contributed by atoms with Crippen molar-refractivity contribution in [2.24, 2.45) is 11.0 Å². The minimum absolute atomic E-state index is 0.160. The molecule has 3 N–H and O–H groups in total. The summed E-state index contributed by atoms with van der Waals surface area (Å²) in [6.45, 7) is 5.43. The molecule has 0 saturated heterocycles. The Hall–Kier alpha value is -2.90. The van der Waals surface area contributed by atoms with E-state index >= 15 is 0 Å². The van der Waals surface area contributed by atoms with Gasteiger partial charge in [-0.3, -0.25) is 19.1 Å². The van der Waals surface area contributed by atoms with Gasteiger partial charge in [0.25, 0.3) is 11.5 Å². The third-order valence-electron chi connectivity index (χ3n) is 4.06. The summed E-state index contributed by atoms with van der Waals surface area (Å²) < 4.78 is 1.15. The number of nitrogens with zero attached hydrogens (tertiary/aromatic N) is 2. The van der Waals surface area contributed by atoms with E-state index in [1.807, 2.05) is 19.1 Å². The summed E-state index contributed by atoms with van der Waals surface area (Å²) in [5, 5.41) is 7.03. The van der Waals surface area contributed by atoms with Crippen molar-refractivity contribution >= 4 is 17.4 Å². The third kappa shape index (κ3) is 2.82. The zero-order chi connectivity index (χ0) is 17.4. The molecule has 0 fully saturated rings. The second-order valence-electron chi connectivity index (χ2n) is 6.15. The van der Waals surface area contributed by atoms with E-state index in [-0.39, 0.29) is 29.5 Å². The summed E-state index contributed by atoms with van der Waals surface area (Å²) in [7, 11) is 0. The molecule has 0 saturated carbocycles. The third-order valence-corrected chi connectivity index (χ3v) is 4.06. The number of allylic oxidation sites excluding steroid dienone is 1. The van der Waals surface area contributed by atoms with Gasteiger partial charge >= 0.3 is 5.69 Å². The van der Waals surface area contributed by atoms with Crippen LogP contribution in [0.3, 0.4) is 0 Å². The zero-order valence-corrected chi connectivity index (χ0v) is 13.7. The number of fused-ring (bicyclic) bond motifs is 1. The van der Waals surface area contributed by atoms with Crippen molar-refractivity contribution in [2.75, 3.05) is 5.32 Å². The number of carbonyl (C=O) groups is 1. The first kappa shape index (κ1) is 16.0. The number of hydrogen-bond donors (Lipinski definition) is 3. The first-order valence-corrected chi connectivity index (χ1v) is 7.76. The fraction of sp³-hybridized carbons (Fsp3) is 0.375. The molecule has 3 rings (SSSR count). The van der Waals surface area contributed by atoms with E-state index in [1.54, 1.807) is 19.9 Å². The number of aromatic amines is 1. The van der Waals surface area contributed by atoms with Crippen LogP contribution in [-0.4, -0.2) is 27.2 Å². The number of aromatic nitrogens is 2. The number of nitrogens with one attached hydrogen (secondary N) is 3. The number of H-pyrrole nitrogens is 1. The number of hydrazone groups is 1. The van der Waals surface area contributed by atoms with Crippen molar-refractivity contribution in [1.29, 1.82) is 0 Å². The van der Waals surface area contributed by atoms with Crippen LogP contribution in [-0.2, 0) is 4.79 Å². The van der Waals surface area contributed by atoms with Crippen molar-refractivity contribution < 1.29 is 4.79 Å². The molecule has 1 aromatic rings. The first-order valence-electron chi connectivity index (χ1n) is 7.76. The number of rotatable bonds is 4. The average Bonchev–Trinajstić information content (AvgIpc) is 2.87. The lowest BCUT2D eigenvalue weighted by atomic mass is 9.91. The van der Waals surface area contributed by atoms with Crippen molar-refractivity contribution in [1.82, 2.24) is 15.0 Å². The predicted molar refractivity (Wildman–Crippen MR) is 91.1 cm³/mol. The van der Waals surface area contributed by atoms with E-state index in [0.717, 1.165) is 10.1 Å². The van der Waals surface area contributed by atoms with Crippen LogP contribution in [0.15, 0.2) is 44.6 Å². The monoisotopic (exact) mass is 329 g/mol. The Morgan fingerprint density at radius 1 is 1.21 bits per heavy atom. The van der Waals surface area contributed by atoms with Gasteiger partial charge in [-0.2, -0.15) is 5.10 Å². The lowest BCUT2D eigenvalue weighted by Gasteiger charge is -2.20. The van der Waals surface area contributed by atoms with Gasteiger partial charge in [0.1, 0.15) is 11.7 Å². The van der Waals surface area contributed by atoms with Crippen molar-refractivity contribution in [3.8, 4) is 0 Å². The summed E-state index contributed by atoms with van der Waals surface area (Å²) in [5.41, 5.74) is 3.19. The molecule has 8 heteroatoms. The number of anilines is 1. The van der Waals surface area contributed by atoms with Crippen LogP contribution < -0.4 is 22.0 Å². The molecule has 1 unspecified atom stereocenters. The highest BCUT2D eigenvalue weighted by Gasteiger charge is 2.29. The molecule has 8 nitrogen and oxygen atoms in total. The summed E-state index contributed by atoms with van der Waals surface area (Å²) in [4.78, 5) is 38.5. The molecular formula is C16H19N5O3. The highest BCUT2D eigenvalue weighted by molar-refractivity contribution is 6.15. The van der Waals surface area contributed by atoms with E-state index in [0.29, 0.717) is 11.5 Å². The average molecular weight is 329 g/mol. The number of carbonyl (C=O) groups excluding carboxylic acids is 1. The topological polar surface area (TPSA) is 108 Å². The van der Waals surface area contributed by atoms with Crippen LogP contribution >= 0.6 is 0 Å². The SMILES string of the molecule is CC(C)n1c(=O)cc(N[C@@H](C)C2=CC3C(=O)NN=C3C=C2)[nH]c1=O. The molecule has 1 amide bonds. The molecule has 2 heterocycles. The normalized spacial score (nSPS) is 20.3. The second kappa shape index (κ2) is 5.95. The minimum atomic E-state index is -0.454. The molecule has 0 aromatic carbocycles. The van der Waals surface area contributed by atoms with Gasteiger partial charge in [-0.15, -0.1) is 0 Å². The minimum Gasteiger partial charge on any atom is -0.365 e.